The number of ether oxygens (including phenoxy) is 1. The minimum atomic E-state index is 0.638. The molecule has 4 heteroatoms. The maximum Gasteiger partial charge on any atom is 0.215 e. The lowest BCUT2D eigenvalue weighted by atomic mass is 10.2. The zero-order chi connectivity index (χ0) is 9.42. The number of hydrogen-bond acceptors (Lipinski definition) is 2. The molecule has 0 aromatic carbocycles. The molecule has 13 heavy (non-hydrogen) atoms. The number of pyridine rings is 1. The number of aryl methyl sites for hydroxylation is 1. The molecule has 0 saturated carbocycles. The van der Waals surface area contributed by atoms with Gasteiger partial charge in [0.15, 0.2) is 0 Å². The van der Waals surface area contributed by atoms with Crippen LogP contribution in [0.5, 0.6) is 5.88 Å². The van der Waals surface area contributed by atoms with Crippen molar-refractivity contribution in [2.24, 2.45) is 0 Å². The van der Waals surface area contributed by atoms with E-state index in [4.69, 9.17) is 4.74 Å². The molecule has 0 atom stereocenters. The minimum absolute atomic E-state index is 0.638. The van der Waals surface area contributed by atoms with E-state index in [0.29, 0.717) is 5.88 Å². The Balaban J connectivity index is 2.79. The summed E-state index contributed by atoms with van der Waals surface area (Å²) in [5, 5.41) is 1.11. The summed E-state index contributed by atoms with van der Waals surface area (Å²) in [6.45, 7) is 2.03. The van der Waals surface area contributed by atoms with Gasteiger partial charge in [0.2, 0.25) is 5.88 Å². The van der Waals surface area contributed by atoms with Gasteiger partial charge in [-0.15, -0.1) is 0 Å². The molecule has 0 radical (unpaired) electrons. The molecular formula is C9H9BrN2O. The number of methoxy groups -OCH3 is 1. The SMILES string of the molecule is COc1cc(C)c2c(Br)c[nH]c2n1. The van der Waals surface area contributed by atoms with Gasteiger partial charge in [-0.3, -0.25) is 0 Å². The molecule has 0 bridgehead atoms. The Kier molecular flexibility index (Phi) is 2.00. The average Bonchev–Trinajstić information content (AvgIpc) is 2.48. The number of hydrogen-bond donors (Lipinski definition) is 1. The molecule has 2 heterocycles. The molecule has 0 aliphatic rings. The number of H-pyrrole nitrogens is 1. The van der Waals surface area contributed by atoms with Gasteiger partial charge in [-0.05, 0) is 28.4 Å². The molecule has 1 N–H and O–H groups in total. The van der Waals surface area contributed by atoms with E-state index in [2.05, 4.69) is 25.9 Å². The van der Waals surface area contributed by atoms with Crippen molar-refractivity contribution in [3.8, 4) is 5.88 Å². The Hall–Kier alpha value is -1.03. The van der Waals surface area contributed by atoms with Gasteiger partial charge >= 0.3 is 0 Å². The average molecular weight is 241 g/mol. The molecular weight excluding hydrogens is 232 g/mol. The third kappa shape index (κ3) is 1.31. The van der Waals surface area contributed by atoms with Crippen LogP contribution in [0.25, 0.3) is 11.0 Å². The summed E-state index contributed by atoms with van der Waals surface area (Å²) >= 11 is 3.45. The molecule has 2 aromatic rings. The second kappa shape index (κ2) is 3.03. The topological polar surface area (TPSA) is 37.9 Å². The third-order valence-corrected chi connectivity index (χ3v) is 2.60. The quantitative estimate of drug-likeness (QED) is 0.833. The first kappa shape index (κ1) is 8.56. The summed E-state index contributed by atoms with van der Waals surface area (Å²) in [4.78, 5) is 7.33. The molecule has 0 unspecified atom stereocenters. The molecule has 0 aliphatic carbocycles. The lowest BCUT2D eigenvalue weighted by molar-refractivity contribution is 0.399. The summed E-state index contributed by atoms with van der Waals surface area (Å²) in [6, 6.07) is 1.92. The summed E-state index contributed by atoms with van der Waals surface area (Å²) < 4.78 is 6.10. The molecule has 68 valence electrons. The summed E-state index contributed by atoms with van der Waals surface area (Å²) in [6.07, 6.45) is 1.88. The van der Waals surface area contributed by atoms with E-state index in [0.717, 1.165) is 21.1 Å². The van der Waals surface area contributed by atoms with Gasteiger partial charge in [-0.2, -0.15) is 4.98 Å². The first-order valence-corrected chi connectivity index (χ1v) is 4.70. The lowest BCUT2D eigenvalue weighted by Crippen LogP contribution is -1.89. The maximum atomic E-state index is 5.07. The highest BCUT2D eigenvalue weighted by molar-refractivity contribution is 9.10. The van der Waals surface area contributed by atoms with Gasteiger partial charge in [-0.25, -0.2) is 0 Å². The van der Waals surface area contributed by atoms with Crippen molar-refractivity contribution in [3.63, 3.8) is 0 Å². The van der Waals surface area contributed by atoms with Crippen molar-refractivity contribution in [1.29, 1.82) is 0 Å². The van der Waals surface area contributed by atoms with Crippen LogP contribution in [0.3, 0.4) is 0 Å². The molecule has 2 aromatic heterocycles. The first-order chi connectivity index (χ1) is 6.22. The van der Waals surface area contributed by atoms with Crippen LogP contribution in [0.1, 0.15) is 5.56 Å². The van der Waals surface area contributed by atoms with Crippen LogP contribution in [0.2, 0.25) is 0 Å². The van der Waals surface area contributed by atoms with E-state index in [9.17, 15) is 0 Å². The second-order valence-corrected chi connectivity index (χ2v) is 3.70. The Morgan fingerprint density at radius 3 is 3.00 bits per heavy atom. The molecule has 0 spiro atoms. The Morgan fingerprint density at radius 2 is 2.31 bits per heavy atom. The Bertz CT molecular complexity index is 450. The number of aromatic amines is 1. The Morgan fingerprint density at radius 1 is 1.54 bits per heavy atom. The second-order valence-electron chi connectivity index (χ2n) is 2.84. The van der Waals surface area contributed by atoms with Crippen LogP contribution >= 0.6 is 15.9 Å². The highest BCUT2D eigenvalue weighted by Gasteiger charge is 2.07. The van der Waals surface area contributed by atoms with Crippen molar-refractivity contribution in [2.45, 2.75) is 6.92 Å². The number of fused-ring (bicyclic) bond motifs is 1. The minimum Gasteiger partial charge on any atom is -0.481 e. The van der Waals surface area contributed by atoms with Crippen LogP contribution in [0, 0.1) is 6.92 Å². The van der Waals surface area contributed by atoms with Crippen molar-refractivity contribution < 1.29 is 4.74 Å². The Labute approximate surface area is 84.3 Å². The smallest absolute Gasteiger partial charge is 0.215 e. The third-order valence-electron chi connectivity index (χ3n) is 1.98. The maximum absolute atomic E-state index is 5.07. The van der Waals surface area contributed by atoms with Gasteiger partial charge in [0.25, 0.3) is 0 Å². The largest absolute Gasteiger partial charge is 0.481 e. The predicted molar refractivity (Wildman–Crippen MR) is 55.1 cm³/mol. The van der Waals surface area contributed by atoms with E-state index in [1.54, 1.807) is 7.11 Å². The van der Waals surface area contributed by atoms with Crippen LogP contribution in [0.15, 0.2) is 16.7 Å². The van der Waals surface area contributed by atoms with Crippen molar-refractivity contribution >= 4 is 27.0 Å². The summed E-state index contributed by atoms with van der Waals surface area (Å²) in [5.74, 6) is 0.638. The van der Waals surface area contributed by atoms with E-state index in [1.807, 2.05) is 19.2 Å². The van der Waals surface area contributed by atoms with Gasteiger partial charge < -0.3 is 9.72 Å². The number of aromatic nitrogens is 2. The number of nitrogens with zero attached hydrogens (tertiary/aromatic N) is 1. The highest BCUT2D eigenvalue weighted by atomic mass is 79.9. The highest BCUT2D eigenvalue weighted by Crippen LogP contribution is 2.27. The fourth-order valence-corrected chi connectivity index (χ4v) is 1.97. The standard InChI is InChI=1S/C9H9BrN2O/c1-5-3-7(13-2)12-9-8(5)6(10)4-11-9/h3-4H,1-2H3,(H,11,12). The van der Waals surface area contributed by atoms with Crippen molar-refractivity contribution in [1.82, 2.24) is 9.97 Å². The molecule has 0 fully saturated rings. The van der Waals surface area contributed by atoms with Gasteiger partial charge in [0.05, 0.1) is 7.11 Å². The lowest BCUT2D eigenvalue weighted by Gasteiger charge is -2.01. The van der Waals surface area contributed by atoms with E-state index >= 15 is 0 Å². The predicted octanol–water partition coefficient (Wildman–Crippen LogP) is 2.64. The molecule has 0 amide bonds. The zero-order valence-electron chi connectivity index (χ0n) is 7.39. The number of rotatable bonds is 1. The molecule has 2 rings (SSSR count). The van der Waals surface area contributed by atoms with Crippen LogP contribution in [0.4, 0.5) is 0 Å². The number of nitrogens with one attached hydrogen (secondary N) is 1. The van der Waals surface area contributed by atoms with E-state index in [1.165, 1.54) is 0 Å². The summed E-state index contributed by atoms with van der Waals surface area (Å²) in [7, 11) is 1.62. The molecule has 0 aliphatic heterocycles. The van der Waals surface area contributed by atoms with Gasteiger partial charge in [-0.1, -0.05) is 0 Å². The first-order valence-electron chi connectivity index (χ1n) is 3.90. The molecule has 3 nitrogen and oxygen atoms in total. The molecule has 0 saturated heterocycles. The van der Waals surface area contributed by atoms with Crippen LogP contribution in [-0.4, -0.2) is 17.1 Å². The van der Waals surface area contributed by atoms with Gasteiger partial charge in [0, 0.05) is 22.1 Å². The van der Waals surface area contributed by atoms with Gasteiger partial charge in [0.1, 0.15) is 5.65 Å². The zero-order valence-corrected chi connectivity index (χ0v) is 8.97. The summed E-state index contributed by atoms with van der Waals surface area (Å²) in [5.41, 5.74) is 2.00. The fraction of sp³-hybridized carbons (Fsp3) is 0.222. The van der Waals surface area contributed by atoms with E-state index in [-0.39, 0.29) is 0 Å². The van der Waals surface area contributed by atoms with Crippen molar-refractivity contribution in [3.05, 3.63) is 22.3 Å². The van der Waals surface area contributed by atoms with Crippen LogP contribution in [-0.2, 0) is 0 Å². The van der Waals surface area contributed by atoms with Crippen molar-refractivity contribution in [2.75, 3.05) is 7.11 Å². The van der Waals surface area contributed by atoms with Crippen LogP contribution < -0.4 is 4.74 Å². The monoisotopic (exact) mass is 240 g/mol. The van der Waals surface area contributed by atoms with E-state index < -0.39 is 0 Å². The number of halogens is 1. The normalized spacial score (nSPS) is 10.7. The fourth-order valence-electron chi connectivity index (χ4n) is 1.36.